The molecular weight excluding hydrogens is 430 g/mol. The number of rotatable bonds is 9. The first kappa shape index (κ1) is 23.1. The van der Waals surface area contributed by atoms with Crippen molar-refractivity contribution < 1.29 is 22.5 Å². The quantitative estimate of drug-likeness (QED) is 0.484. The molecule has 9 heteroatoms. The molecule has 0 bridgehead atoms. The number of benzene rings is 2. The van der Waals surface area contributed by atoms with E-state index in [-0.39, 0.29) is 10.8 Å². The molecule has 0 saturated carbocycles. The van der Waals surface area contributed by atoms with Crippen LogP contribution in [0.5, 0.6) is 5.75 Å². The Kier molecular flexibility index (Phi) is 7.32. The molecule has 0 atom stereocenters. The van der Waals surface area contributed by atoms with Crippen molar-refractivity contribution in [2.24, 2.45) is 0 Å². The Morgan fingerprint density at radius 1 is 1.06 bits per heavy atom. The van der Waals surface area contributed by atoms with Crippen molar-refractivity contribution in [2.45, 2.75) is 32.1 Å². The number of hydrogen-bond donors (Lipinski definition) is 2. The summed E-state index contributed by atoms with van der Waals surface area (Å²) < 4.78 is 38.5. The van der Waals surface area contributed by atoms with Crippen molar-refractivity contribution in [1.29, 1.82) is 0 Å². The molecule has 0 aliphatic rings. The monoisotopic (exact) mass is 455 g/mol. The van der Waals surface area contributed by atoms with Crippen molar-refractivity contribution >= 4 is 39.5 Å². The molecule has 1 aromatic heterocycles. The first-order chi connectivity index (χ1) is 15.3. The van der Waals surface area contributed by atoms with Gasteiger partial charge in [-0.05, 0) is 61.9 Å². The molecule has 8 nitrogen and oxygen atoms in total. The summed E-state index contributed by atoms with van der Waals surface area (Å²) in [5, 5.41) is 6.65. The van der Waals surface area contributed by atoms with Crippen LogP contribution in [-0.2, 0) is 14.8 Å². The Hall–Kier alpha value is -3.59. The number of sulfonamides is 1. The van der Waals surface area contributed by atoms with Crippen LogP contribution in [0.25, 0.3) is 12.2 Å². The fraction of sp³-hybridized carbons (Fsp3) is 0.217. The van der Waals surface area contributed by atoms with Crippen molar-refractivity contribution in [3.8, 4) is 5.75 Å². The summed E-state index contributed by atoms with van der Waals surface area (Å²) >= 11 is 0. The maximum absolute atomic E-state index is 12.7. The van der Waals surface area contributed by atoms with Crippen molar-refractivity contribution in [2.75, 3.05) is 16.6 Å². The first-order valence-electron chi connectivity index (χ1n) is 10.1. The molecule has 0 saturated heterocycles. The molecule has 0 fully saturated rings. The molecule has 1 amide bonds. The fourth-order valence-electron chi connectivity index (χ4n) is 2.81. The summed E-state index contributed by atoms with van der Waals surface area (Å²) in [6.07, 6.45) is 3.76. The minimum Gasteiger partial charge on any atom is -0.494 e. The lowest BCUT2D eigenvalue weighted by Crippen LogP contribution is -2.12. The van der Waals surface area contributed by atoms with Gasteiger partial charge in [0.1, 0.15) is 17.1 Å². The standard InChI is InChI=1S/C23H25N3O5S/c1-4-22(27)24-23-16(3)25-31-21(23)15-8-17-6-13-20(14-7-17)32(28,29)26-18-9-11-19(12-10-18)30-5-2/h6-15,26H,4-5H2,1-3H3,(H,24,27). The summed E-state index contributed by atoms with van der Waals surface area (Å²) in [5.41, 5.74) is 2.30. The van der Waals surface area contributed by atoms with E-state index >= 15 is 0 Å². The highest BCUT2D eigenvalue weighted by molar-refractivity contribution is 7.92. The number of ether oxygens (including phenoxy) is 1. The zero-order valence-corrected chi connectivity index (χ0v) is 18.9. The third-order valence-corrected chi connectivity index (χ3v) is 5.91. The molecule has 0 aliphatic carbocycles. The molecule has 32 heavy (non-hydrogen) atoms. The second-order valence-corrected chi connectivity index (χ2v) is 8.56. The van der Waals surface area contributed by atoms with E-state index in [1.807, 2.05) is 6.92 Å². The van der Waals surface area contributed by atoms with Gasteiger partial charge in [0.05, 0.1) is 11.5 Å². The second kappa shape index (κ2) is 10.1. The van der Waals surface area contributed by atoms with E-state index in [0.29, 0.717) is 41.6 Å². The van der Waals surface area contributed by atoms with E-state index < -0.39 is 10.0 Å². The van der Waals surface area contributed by atoms with Gasteiger partial charge in [0.15, 0.2) is 5.76 Å². The SMILES string of the molecule is CCOc1ccc(NS(=O)(=O)c2ccc(C=Cc3onc(C)c3NC(=O)CC)cc2)cc1. The zero-order chi connectivity index (χ0) is 23.1. The fourth-order valence-corrected chi connectivity index (χ4v) is 3.87. The molecule has 1 heterocycles. The van der Waals surface area contributed by atoms with Gasteiger partial charge in [0.25, 0.3) is 10.0 Å². The Balaban J connectivity index is 1.71. The predicted molar refractivity (Wildman–Crippen MR) is 124 cm³/mol. The number of aryl methyl sites for hydroxylation is 1. The second-order valence-electron chi connectivity index (χ2n) is 6.87. The molecule has 3 aromatic rings. The Morgan fingerprint density at radius 3 is 2.38 bits per heavy atom. The Labute approximate surface area is 187 Å². The number of nitrogens with zero attached hydrogens (tertiary/aromatic N) is 1. The third-order valence-electron chi connectivity index (χ3n) is 4.51. The highest BCUT2D eigenvalue weighted by Crippen LogP contribution is 2.24. The molecule has 0 unspecified atom stereocenters. The normalized spacial score (nSPS) is 11.5. The molecule has 168 valence electrons. The van der Waals surface area contributed by atoms with Crippen LogP contribution in [0.2, 0.25) is 0 Å². The lowest BCUT2D eigenvalue weighted by atomic mass is 10.2. The van der Waals surface area contributed by atoms with Crippen molar-refractivity contribution in [1.82, 2.24) is 5.16 Å². The minimum atomic E-state index is -3.73. The van der Waals surface area contributed by atoms with E-state index in [4.69, 9.17) is 9.26 Å². The number of carbonyl (C=O) groups excluding carboxylic acids is 1. The molecule has 0 aliphatic heterocycles. The molecule has 3 rings (SSSR count). The van der Waals surface area contributed by atoms with Gasteiger partial charge in [-0.15, -0.1) is 0 Å². The largest absolute Gasteiger partial charge is 0.494 e. The van der Waals surface area contributed by atoms with E-state index in [1.165, 1.54) is 12.1 Å². The number of hydrogen-bond acceptors (Lipinski definition) is 6. The average molecular weight is 456 g/mol. The zero-order valence-electron chi connectivity index (χ0n) is 18.1. The molecule has 2 N–H and O–H groups in total. The van der Waals surface area contributed by atoms with Crippen LogP contribution in [-0.4, -0.2) is 26.1 Å². The van der Waals surface area contributed by atoms with Gasteiger partial charge >= 0.3 is 0 Å². The van der Waals surface area contributed by atoms with Crippen LogP contribution in [0.3, 0.4) is 0 Å². The number of anilines is 2. The van der Waals surface area contributed by atoms with Crippen LogP contribution < -0.4 is 14.8 Å². The molecular formula is C23H25N3O5S. The van der Waals surface area contributed by atoms with Crippen molar-refractivity contribution in [3.63, 3.8) is 0 Å². The Bertz CT molecular complexity index is 1200. The number of aromatic nitrogens is 1. The van der Waals surface area contributed by atoms with Gasteiger partial charge < -0.3 is 14.6 Å². The Morgan fingerprint density at radius 2 is 1.75 bits per heavy atom. The average Bonchev–Trinajstić information content (AvgIpc) is 3.13. The van der Waals surface area contributed by atoms with Gasteiger partial charge in [-0.2, -0.15) is 0 Å². The summed E-state index contributed by atoms with van der Waals surface area (Å²) in [5.74, 6) is 0.949. The maximum atomic E-state index is 12.7. The van der Waals surface area contributed by atoms with E-state index in [2.05, 4.69) is 15.2 Å². The minimum absolute atomic E-state index is 0.134. The lowest BCUT2D eigenvalue weighted by molar-refractivity contribution is -0.115. The van der Waals surface area contributed by atoms with Crippen LogP contribution in [0.15, 0.2) is 57.9 Å². The number of carbonyl (C=O) groups is 1. The molecule has 0 radical (unpaired) electrons. The topological polar surface area (TPSA) is 111 Å². The van der Waals surface area contributed by atoms with Gasteiger partial charge in [-0.25, -0.2) is 8.42 Å². The summed E-state index contributed by atoms with van der Waals surface area (Å²) in [4.78, 5) is 11.8. The van der Waals surface area contributed by atoms with Gasteiger partial charge in [-0.3, -0.25) is 9.52 Å². The van der Waals surface area contributed by atoms with Gasteiger partial charge in [-0.1, -0.05) is 30.3 Å². The summed E-state index contributed by atoms with van der Waals surface area (Å²) in [6.45, 7) is 5.92. The predicted octanol–water partition coefficient (Wildman–Crippen LogP) is 4.70. The lowest BCUT2D eigenvalue weighted by Gasteiger charge is -2.09. The molecule has 0 spiro atoms. The van der Waals surface area contributed by atoms with Crippen molar-refractivity contribution in [3.05, 3.63) is 65.5 Å². The van der Waals surface area contributed by atoms with E-state index in [0.717, 1.165) is 5.56 Å². The van der Waals surface area contributed by atoms with E-state index in [1.54, 1.807) is 62.4 Å². The third kappa shape index (κ3) is 5.76. The van der Waals surface area contributed by atoms with E-state index in [9.17, 15) is 13.2 Å². The molecule has 2 aromatic carbocycles. The smallest absolute Gasteiger partial charge is 0.261 e. The highest BCUT2D eigenvalue weighted by Gasteiger charge is 2.15. The maximum Gasteiger partial charge on any atom is 0.261 e. The first-order valence-corrected chi connectivity index (χ1v) is 11.6. The summed E-state index contributed by atoms with van der Waals surface area (Å²) in [7, 11) is -3.73. The summed E-state index contributed by atoms with van der Waals surface area (Å²) in [6, 6.07) is 13.1. The van der Waals surface area contributed by atoms with Gasteiger partial charge in [0, 0.05) is 12.1 Å². The number of nitrogens with one attached hydrogen (secondary N) is 2. The van der Waals surface area contributed by atoms with Crippen LogP contribution in [0.1, 0.15) is 37.3 Å². The van der Waals surface area contributed by atoms with Crippen LogP contribution in [0.4, 0.5) is 11.4 Å². The van der Waals surface area contributed by atoms with Crippen LogP contribution >= 0.6 is 0 Å². The van der Waals surface area contributed by atoms with Gasteiger partial charge in [0.2, 0.25) is 5.91 Å². The van der Waals surface area contributed by atoms with Crippen LogP contribution in [0, 0.1) is 6.92 Å². The highest BCUT2D eigenvalue weighted by atomic mass is 32.2. The number of amides is 1.